The Morgan fingerprint density at radius 3 is 2.50 bits per heavy atom. The predicted octanol–water partition coefficient (Wildman–Crippen LogP) is 6.92. The Morgan fingerprint density at radius 2 is 1.86 bits per heavy atom. The highest BCUT2D eigenvalue weighted by atomic mass is 19.4. The van der Waals surface area contributed by atoms with Gasteiger partial charge in [0.1, 0.15) is 0 Å². The molecule has 0 radical (unpaired) electrons. The average molecular weight is 386 g/mol. The van der Waals surface area contributed by atoms with Crippen molar-refractivity contribution < 1.29 is 13.2 Å². The molecule has 0 bridgehead atoms. The van der Waals surface area contributed by atoms with E-state index in [1.54, 1.807) is 6.07 Å². The third-order valence-electron chi connectivity index (χ3n) is 5.84. The summed E-state index contributed by atoms with van der Waals surface area (Å²) < 4.78 is 39.6. The lowest BCUT2D eigenvalue weighted by Gasteiger charge is -2.40. The maximum atomic E-state index is 13.2. The van der Waals surface area contributed by atoms with Crippen LogP contribution in [0.2, 0.25) is 0 Å². The third-order valence-corrected chi connectivity index (χ3v) is 5.84. The topological polar surface area (TPSA) is 35.8 Å². The summed E-state index contributed by atoms with van der Waals surface area (Å²) in [6.45, 7) is 4.08. The molecular weight excluding hydrogens is 361 g/mol. The molecule has 2 aromatic rings. The van der Waals surface area contributed by atoms with Crippen LogP contribution in [0.1, 0.15) is 61.8 Å². The minimum atomic E-state index is -4.35. The number of nitriles is 1. The van der Waals surface area contributed by atoms with Gasteiger partial charge in [-0.3, -0.25) is 0 Å². The minimum Gasteiger partial charge on any atom is -0.378 e. The van der Waals surface area contributed by atoms with E-state index in [-0.39, 0.29) is 23.8 Å². The summed E-state index contributed by atoms with van der Waals surface area (Å²) in [6, 6.07) is 16.3. The Labute approximate surface area is 164 Å². The van der Waals surface area contributed by atoms with Crippen LogP contribution in [0.15, 0.2) is 48.5 Å². The van der Waals surface area contributed by atoms with Gasteiger partial charge in [-0.2, -0.15) is 18.4 Å². The smallest absolute Gasteiger partial charge is 0.378 e. The number of benzene rings is 2. The summed E-state index contributed by atoms with van der Waals surface area (Å²) in [6.07, 6.45) is -2.12. The number of nitrogens with zero attached hydrogens (tertiary/aromatic N) is 1. The molecule has 2 aromatic carbocycles. The zero-order valence-electron chi connectivity index (χ0n) is 16.1. The fraction of sp³-hybridized carbons (Fsp3) is 0.435. The largest absolute Gasteiger partial charge is 0.416 e. The lowest BCUT2D eigenvalue weighted by molar-refractivity contribution is -0.137. The van der Waals surface area contributed by atoms with Crippen LogP contribution < -0.4 is 5.32 Å². The molecule has 5 heteroatoms. The van der Waals surface area contributed by atoms with Gasteiger partial charge >= 0.3 is 6.18 Å². The first-order chi connectivity index (χ1) is 13.3. The highest BCUT2D eigenvalue weighted by Crippen LogP contribution is 2.48. The molecule has 2 nitrogen and oxygen atoms in total. The summed E-state index contributed by atoms with van der Waals surface area (Å²) >= 11 is 0. The lowest BCUT2D eigenvalue weighted by Crippen LogP contribution is -2.31. The number of nitrogens with one attached hydrogen (secondary N) is 1. The van der Waals surface area contributed by atoms with Crippen LogP contribution in [0.25, 0.3) is 0 Å². The summed E-state index contributed by atoms with van der Waals surface area (Å²) in [5.74, 6) is 0.411. The van der Waals surface area contributed by atoms with Gasteiger partial charge in [0.2, 0.25) is 0 Å². The van der Waals surface area contributed by atoms with Crippen molar-refractivity contribution in [3.63, 3.8) is 0 Å². The standard InChI is InChI=1S/C23H25F3N2/c1-15(12-13-27)8-10-19-16(2)20-14-18(23(24,25)26)9-11-21(20)28-22(19)17-6-4-3-5-7-17/h3-7,9,11,14-16,19,22,28H,8,10,12H2,1-2H3/t15-,16+,19-,22+/m1/s1. The first kappa shape index (κ1) is 20.3. The summed E-state index contributed by atoms with van der Waals surface area (Å²) in [5.41, 5.74) is 2.03. The van der Waals surface area contributed by atoms with Crippen LogP contribution >= 0.6 is 0 Å². The van der Waals surface area contributed by atoms with Gasteiger partial charge < -0.3 is 5.32 Å². The fourth-order valence-corrected chi connectivity index (χ4v) is 4.18. The van der Waals surface area contributed by atoms with Crippen molar-refractivity contribution in [3.8, 4) is 6.07 Å². The second-order valence-corrected chi connectivity index (χ2v) is 7.83. The van der Waals surface area contributed by atoms with Gasteiger partial charge in [-0.05, 0) is 59.9 Å². The highest BCUT2D eigenvalue weighted by molar-refractivity contribution is 5.59. The normalized spacial score (nSPS) is 22.6. The van der Waals surface area contributed by atoms with Gasteiger partial charge in [0.15, 0.2) is 0 Å². The van der Waals surface area contributed by atoms with Crippen molar-refractivity contribution in [1.82, 2.24) is 0 Å². The molecule has 148 valence electrons. The number of hydrogen-bond donors (Lipinski definition) is 1. The first-order valence-corrected chi connectivity index (χ1v) is 9.70. The summed E-state index contributed by atoms with van der Waals surface area (Å²) in [7, 11) is 0. The molecule has 1 N–H and O–H groups in total. The number of hydrogen-bond acceptors (Lipinski definition) is 2. The molecule has 0 saturated carbocycles. The van der Waals surface area contributed by atoms with Gasteiger partial charge in [-0.1, -0.05) is 44.2 Å². The van der Waals surface area contributed by atoms with E-state index in [2.05, 4.69) is 30.4 Å². The predicted molar refractivity (Wildman–Crippen MR) is 105 cm³/mol. The molecule has 0 spiro atoms. The molecule has 3 rings (SSSR count). The molecule has 0 saturated heterocycles. The first-order valence-electron chi connectivity index (χ1n) is 9.70. The number of anilines is 1. The molecule has 0 unspecified atom stereocenters. The molecule has 1 heterocycles. The van der Waals surface area contributed by atoms with Crippen LogP contribution in [0, 0.1) is 23.2 Å². The molecule has 0 aromatic heterocycles. The van der Waals surface area contributed by atoms with E-state index in [1.165, 1.54) is 6.07 Å². The molecule has 28 heavy (non-hydrogen) atoms. The van der Waals surface area contributed by atoms with Crippen molar-refractivity contribution in [2.45, 2.75) is 51.2 Å². The Morgan fingerprint density at radius 1 is 1.14 bits per heavy atom. The Kier molecular flexibility index (Phi) is 5.98. The van der Waals surface area contributed by atoms with Crippen molar-refractivity contribution in [2.24, 2.45) is 11.8 Å². The number of rotatable bonds is 5. The van der Waals surface area contributed by atoms with E-state index >= 15 is 0 Å². The van der Waals surface area contributed by atoms with E-state index in [4.69, 9.17) is 5.26 Å². The van der Waals surface area contributed by atoms with Crippen LogP contribution in [0.3, 0.4) is 0 Å². The van der Waals surface area contributed by atoms with E-state index in [9.17, 15) is 13.2 Å². The zero-order valence-corrected chi connectivity index (χ0v) is 16.1. The second-order valence-electron chi connectivity index (χ2n) is 7.83. The molecule has 0 amide bonds. The fourth-order valence-electron chi connectivity index (χ4n) is 4.18. The Bertz CT molecular complexity index is 839. The van der Waals surface area contributed by atoms with Crippen LogP contribution in [0.5, 0.6) is 0 Å². The third kappa shape index (κ3) is 4.32. The van der Waals surface area contributed by atoms with Crippen LogP contribution in [-0.2, 0) is 6.18 Å². The highest BCUT2D eigenvalue weighted by Gasteiger charge is 2.37. The van der Waals surface area contributed by atoms with Gasteiger partial charge in [-0.25, -0.2) is 0 Å². The minimum absolute atomic E-state index is 0.0157. The second kappa shape index (κ2) is 8.26. The van der Waals surface area contributed by atoms with E-state index < -0.39 is 11.7 Å². The quantitative estimate of drug-likeness (QED) is 0.605. The van der Waals surface area contributed by atoms with Gasteiger partial charge in [0.25, 0.3) is 0 Å². The van der Waals surface area contributed by atoms with Gasteiger partial charge in [0.05, 0.1) is 17.7 Å². The van der Waals surface area contributed by atoms with Gasteiger partial charge in [-0.15, -0.1) is 0 Å². The maximum Gasteiger partial charge on any atom is 0.416 e. The molecule has 0 fully saturated rings. The SMILES string of the molecule is C[C@@H](CC#N)CC[C@@H]1[C@H](C)c2cc(C(F)(F)F)ccc2N[C@H]1c1ccccc1. The average Bonchev–Trinajstić information content (AvgIpc) is 2.67. The molecular formula is C23H25F3N2. The van der Waals surface area contributed by atoms with Crippen molar-refractivity contribution in [1.29, 1.82) is 5.26 Å². The number of fused-ring (bicyclic) bond motifs is 1. The van der Waals surface area contributed by atoms with Crippen molar-refractivity contribution in [3.05, 3.63) is 65.2 Å². The van der Waals surface area contributed by atoms with Crippen LogP contribution in [0.4, 0.5) is 18.9 Å². The summed E-state index contributed by atoms with van der Waals surface area (Å²) in [4.78, 5) is 0. The molecule has 4 atom stereocenters. The Hall–Kier alpha value is -2.48. The van der Waals surface area contributed by atoms with Crippen molar-refractivity contribution >= 4 is 5.69 Å². The molecule has 1 aliphatic rings. The van der Waals surface area contributed by atoms with Gasteiger partial charge in [0, 0.05) is 12.1 Å². The molecule has 0 aliphatic carbocycles. The van der Waals surface area contributed by atoms with E-state index in [0.29, 0.717) is 6.42 Å². The van der Waals surface area contributed by atoms with Crippen LogP contribution in [-0.4, -0.2) is 0 Å². The zero-order chi connectivity index (χ0) is 20.3. The summed E-state index contributed by atoms with van der Waals surface area (Å²) in [5, 5.41) is 12.4. The Balaban J connectivity index is 1.95. The number of halogens is 3. The number of alkyl halides is 3. The van der Waals surface area contributed by atoms with E-state index in [1.807, 2.05) is 25.1 Å². The van der Waals surface area contributed by atoms with Crippen molar-refractivity contribution in [2.75, 3.05) is 5.32 Å². The lowest BCUT2D eigenvalue weighted by atomic mass is 9.73. The maximum absolute atomic E-state index is 13.2. The monoisotopic (exact) mass is 386 g/mol. The van der Waals surface area contributed by atoms with E-state index in [0.717, 1.165) is 35.7 Å². The molecule has 1 aliphatic heterocycles.